The van der Waals surface area contributed by atoms with Crippen molar-refractivity contribution in [1.82, 2.24) is 15.2 Å². The molecule has 0 saturated carbocycles. The summed E-state index contributed by atoms with van der Waals surface area (Å²) in [5, 5.41) is 9.99. The van der Waals surface area contributed by atoms with E-state index in [4.69, 9.17) is 0 Å². The van der Waals surface area contributed by atoms with E-state index in [9.17, 15) is 0 Å². The zero-order chi connectivity index (χ0) is 12.3. The van der Waals surface area contributed by atoms with Crippen LogP contribution >= 0.6 is 15.9 Å². The number of halogens is 1. The minimum Gasteiger partial charge on any atom is -0.341 e. The van der Waals surface area contributed by atoms with E-state index in [-0.39, 0.29) is 6.17 Å². The fourth-order valence-corrected chi connectivity index (χ4v) is 2.38. The molecule has 94 valence electrons. The van der Waals surface area contributed by atoms with E-state index in [1.54, 1.807) is 0 Å². The average Bonchev–Trinajstić information content (AvgIpc) is 2.71. The molecule has 0 radical (unpaired) electrons. The van der Waals surface area contributed by atoms with Crippen LogP contribution in [0.15, 0.2) is 27.9 Å². The number of hydrazone groups is 1. The molecular formula is C12H19BrN4. The number of rotatable bonds is 4. The van der Waals surface area contributed by atoms with Crippen LogP contribution < -0.4 is 5.32 Å². The van der Waals surface area contributed by atoms with Gasteiger partial charge in [-0.15, -0.1) is 5.10 Å². The summed E-state index contributed by atoms with van der Waals surface area (Å²) >= 11 is 3.49. The number of allylic oxidation sites excluding steroid dienone is 2. The fourth-order valence-electron chi connectivity index (χ4n) is 2.01. The predicted molar refractivity (Wildman–Crippen MR) is 74.5 cm³/mol. The molecule has 0 aromatic carbocycles. The van der Waals surface area contributed by atoms with E-state index in [1.165, 1.54) is 0 Å². The third-order valence-corrected chi connectivity index (χ3v) is 3.29. The Balaban J connectivity index is 2.06. The van der Waals surface area contributed by atoms with Gasteiger partial charge in [-0.25, -0.2) is 5.01 Å². The highest BCUT2D eigenvalue weighted by Crippen LogP contribution is 2.20. The Hall–Kier alpha value is -0.970. The predicted octanol–water partition coefficient (Wildman–Crippen LogP) is 2.42. The Morgan fingerprint density at radius 1 is 1.41 bits per heavy atom. The van der Waals surface area contributed by atoms with Crippen molar-refractivity contribution >= 4 is 21.9 Å². The van der Waals surface area contributed by atoms with Gasteiger partial charge in [-0.1, -0.05) is 29.8 Å². The Bertz CT molecular complexity index is 356. The molecule has 0 aromatic rings. The highest BCUT2D eigenvalue weighted by atomic mass is 79.9. The van der Waals surface area contributed by atoms with Crippen molar-refractivity contribution in [2.24, 2.45) is 5.10 Å². The monoisotopic (exact) mass is 298 g/mol. The van der Waals surface area contributed by atoms with Crippen LogP contribution in [0.3, 0.4) is 0 Å². The van der Waals surface area contributed by atoms with Crippen molar-refractivity contribution in [3.63, 3.8) is 0 Å². The van der Waals surface area contributed by atoms with Gasteiger partial charge in [0.15, 0.2) is 0 Å². The maximum absolute atomic E-state index is 4.59. The molecule has 5 heteroatoms. The molecule has 0 spiro atoms. The Morgan fingerprint density at radius 2 is 2.12 bits per heavy atom. The largest absolute Gasteiger partial charge is 0.341 e. The van der Waals surface area contributed by atoms with E-state index in [0.717, 1.165) is 36.4 Å². The number of guanidine groups is 1. The van der Waals surface area contributed by atoms with Gasteiger partial charge in [-0.3, -0.25) is 0 Å². The average molecular weight is 299 g/mol. The molecule has 1 N–H and O–H groups in total. The van der Waals surface area contributed by atoms with Crippen LogP contribution in [0.25, 0.3) is 0 Å². The molecule has 0 amide bonds. The highest BCUT2D eigenvalue weighted by molar-refractivity contribution is 9.11. The maximum Gasteiger partial charge on any atom is 0.218 e. The Labute approximate surface area is 111 Å². The third kappa shape index (κ3) is 2.83. The number of fused-ring (bicyclic) bond motifs is 1. The lowest BCUT2D eigenvalue weighted by Crippen LogP contribution is -2.43. The van der Waals surface area contributed by atoms with Crippen LogP contribution in [0.4, 0.5) is 0 Å². The second kappa shape index (κ2) is 5.58. The van der Waals surface area contributed by atoms with Crippen molar-refractivity contribution in [2.75, 3.05) is 13.1 Å². The fraction of sp³-hybridized carbons (Fsp3) is 0.583. The molecule has 2 aliphatic heterocycles. The third-order valence-electron chi connectivity index (χ3n) is 2.76. The van der Waals surface area contributed by atoms with E-state index >= 15 is 0 Å². The highest BCUT2D eigenvalue weighted by Gasteiger charge is 2.26. The van der Waals surface area contributed by atoms with Crippen molar-refractivity contribution in [3.8, 4) is 0 Å². The molecule has 2 rings (SSSR count). The number of hydrogen-bond acceptors (Lipinski definition) is 4. The molecule has 4 nitrogen and oxygen atoms in total. The summed E-state index contributed by atoms with van der Waals surface area (Å²) in [7, 11) is 0. The molecule has 0 fully saturated rings. The van der Waals surface area contributed by atoms with Gasteiger partial charge in [0.1, 0.15) is 6.17 Å². The first kappa shape index (κ1) is 12.5. The summed E-state index contributed by atoms with van der Waals surface area (Å²) in [5.41, 5.74) is 0. The van der Waals surface area contributed by atoms with Gasteiger partial charge in [0.05, 0.1) is 0 Å². The topological polar surface area (TPSA) is 30.9 Å². The maximum atomic E-state index is 4.59. The van der Waals surface area contributed by atoms with Crippen LogP contribution in [0.2, 0.25) is 0 Å². The summed E-state index contributed by atoms with van der Waals surface area (Å²) in [6.45, 7) is 6.49. The van der Waals surface area contributed by atoms with Crippen molar-refractivity contribution in [3.05, 3.63) is 22.8 Å². The zero-order valence-corrected chi connectivity index (χ0v) is 11.9. The molecular weight excluding hydrogens is 280 g/mol. The van der Waals surface area contributed by atoms with E-state index in [0.29, 0.717) is 0 Å². The number of hydrogen-bond donors (Lipinski definition) is 1. The van der Waals surface area contributed by atoms with Crippen LogP contribution in [-0.4, -0.2) is 35.1 Å². The molecule has 1 atom stereocenters. The Kier molecular flexibility index (Phi) is 4.10. The van der Waals surface area contributed by atoms with E-state index in [1.807, 2.05) is 17.3 Å². The molecule has 2 aliphatic rings. The summed E-state index contributed by atoms with van der Waals surface area (Å²) < 4.78 is 1.10. The lowest BCUT2D eigenvalue weighted by Gasteiger charge is -2.23. The first-order valence-corrected chi connectivity index (χ1v) is 6.97. The standard InChI is InChI=1S/C12H19BrN4/c1-3-6-16(7-4-2)12-14-11-9-10(13)5-8-17(11)15-12/h5,8-9,11H,3-4,6-7H2,1-2H3,(H,14,15). The van der Waals surface area contributed by atoms with Gasteiger partial charge >= 0.3 is 0 Å². The molecule has 1 unspecified atom stereocenters. The quantitative estimate of drug-likeness (QED) is 0.865. The van der Waals surface area contributed by atoms with Gasteiger partial charge < -0.3 is 10.2 Å². The van der Waals surface area contributed by atoms with Gasteiger partial charge in [-0.05, 0) is 25.0 Å². The summed E-state index contributed by atoms with van der Waals surface area (Å²) in [6, 6.07) is 0. The first-order chi connectivity index (χ1) is 8.24. The summed E-state index contributed by atoms with van der Waals surface area (Å²) in [5.74, 6) is 0.988. The van der Waals surface area contributed by atoms with Crippen LogP contribution in [0, 0.1) is 0 Å². The molecule has 17 heavy (non-hydrogen) atoms. The van der Waals surface area contributed by atoms with Gasteiger partial charge in [0.2, 0.25) is 5.96 Å². The van der Waals surface area contributed by atoms with Gasteiger partial charge in [0, 0.05) is 23.8 Å². The van der Waals surface area contributed by atoms with Gasteiger partial charge in [-0.2, -0.15) is 0 Å². The number of nitrogens with zero attached hydrogens (tertiary/aromatic N) is 3. The van der Waals surface area contributed by atoms with Crippen LogP contribution in [0.5, 0.6) is 0 Å². The van der Waals surface area contributed by atoms with Crippen LogP contribution in [0.1, 0.15) is 26.7 Å². The molecule has 2 heterocycles. The molecule has 0 saturated heterocycles. The lowest BCUT2D eigenvalue weighted by molar-refractivity contribution is 0.349. The lowest BCUT2D eigenvalue weighted by atomic mass is 10.3. The number of nitrogens with one attached hydrogen (secondary N) is 1. The SMILES string of the molecule is CCCN(CCC)C1=NN2C=CC(Br)=CC2N1. The molecule has 0 aliphatic carbocycles. The molecule has 0 bridgehead atoms. The summed E-state index contributed by atoms with van der Waals surface area (Å²) in [6.07, 6.45) is 8.55. The smallest absolute Gasteiger partial charge is 0.218 e. The Morgan fingerprint density at radius 3 is 2.76 bits per heavy atom. The van der Waals surface area contributed by atoms with E-state index < -0.39 is 0 Å². The van der Waals surface area contributed by atoms with Crippen LogP contribution in [-0.2, 0) is 0 Å². The first-order valence-electron chi connectivity index (χ1n) is 6.18. The van der Waals surface area contributed by atoms with Crippen molar-refractivity contribution < 1.29 is 0 Å². The minimum atomic E-state index is 0.153. The zero-order valence-electron chi connectivity index (χ0n) is 10.4. The normalized spacial score (nSPS) is 21.8. The molecule has 0 aromatic heterocycles. The van der Waals surface area contributed by atoms with Crippen molar-refractivity contribution in [2.45, 2.75) is 32.9 Å². The second-order valence-corrected chi connectivity index (χ2v) is 5.16. The minimum absolute atomic E-state index is 0.153. The second-order valence-electron chi connectivity index (χ2n) is 4.25. The van der Waals surface area contributed by atoms with E-state index in [2.05, 4.69) is 51.2 Å². The van der Waals surface area contributed by atoms with Gasteiger partial charge in [0.25, 0.3) is 0 Å². The summed E-state index contributed by atoms with van der Waals surface area (Å²) in [4.78, 5) is 2.31. The van der Waals surface area contributed by atoms with Crippen molar-refractivity contribution in [1.29, 1.82) is 0 Å².